The van der Waals surface area contributed by atoms with E-state index in [9.17, 15) is 19.6 Å². The molecule has 0 radical (unpaired) electrons. The Balaban J connectivity index is 2.53. The van der Waals surface area contributed by atoms with Crippen LogP contribution in [0.15, 0.2) is 26.5 Å². The molecule has 2 heterocycles. The minimum atomic E-state index is -0.780. The lowest BCUT2D eigenvalue weighted by atomic mass is 10.0. The average molecular weight is 398 g/mol. The molecular weight excluding hydrogens is 380 g/mol. The van der Waals surface area contributed by atoms with Crippen molar-refractivity contribution in [3.8, 4) is 34.6 Å². The van der Waals surface area contributed by atoms with Crippen LogP contribution in [-0.2, 0) is 14.1 Å². The highest BCUT2D eigenvalue weighted by Crippen LogP contribution is 2.41. The van der Waals surface area contributed by atoms with Crippen LogP contribution in [0.5, 0.6) is 17.2 Å². The lowest BCUT2D eigenvalue weighted by molar-refractivity contribution is 0.324. The number of rotatable bonds is 4. The second-order valence-corrected chi connectivity index (χ2v) is 6.16. The molecule has 29 heavy (non-hydrogen) atoms. The van der Waals surface area contributed by atoms with E-state index in [0.29, 0.717) is 22.8 Å². The number of aromatic nitrogens is 3. The highest BCUT2D eigenvalue weighted by Gasteiger charge is 2.22. The number of nitriles is 1. The highest BCUT2D eigenvalue weighted by molar-refractivity contribution is 5.82. The molecule has 0 saturated heterocycles. The largest absolute Gasteiger partial charge is 0.493 e. The average Bonchev–Trinajstić information content (AvgIpc) is 2.74. The summed E-state index contributed by atoms with van der Waals surface area (Å²) >= 11 is 0. The van der Waals surface area contributed by atoms with E-state index in [-0.39, 0.29) is 22.3 Å². The van der Waals surface area contributed by atoms with E-state index < -0.39 is 16.7 Å². The molecule has 10 heteroatoms. The molecule has 0 aliphatic carbocycles. The third-order valence-electron chi connectivity index (χ3n) is 4.68. The molecule has 1 N–H and O–H groups in total. The van der Waals surface area contributed by atoms with Gasteiger partial charge in [0, 0.05) is 19.7 Å². The van der Waals surface area contributed by atoms with E-state index in [1.807, 2.05) is 6.07 Å². The Morgan fingerprint density at radius 1 is 0.966 bits per heavy atom. The molecule has 0 aliphatic heterocycles. The number of fused-ring (bicyclic) bond motifs is 1. The number of aromatic amines is 1. The summed E-state index contributed by atoms with van der Waals surface area (Å²) in [5, 5.41) is 9.35. The number of pyridine rings is 1. The van der Waals surface area contributed by atoms with Gasteiger partial charge in [0.15, 0.2) is 11.5 Å². The quantitative estimate of drug-likeness (QED) is 0.677. The Morgan fingerprint density at radius 2 is 1.55 bits per heavy atom. The first kappa shape index (κ1) is 19.8. The first-order chi connectivity index (χ1) is 13.8. The first-order valence-electron chi connectivity index (χ1n) is 8.37. The lowest BCUT2D eigenvalue weighted by Crippen LogP contribution is -2.39. The molecule has 2 aromatic heterocycles. The van der Waals surface area contributed by atoms with Crippen LogP contribution in [0.4, 0.5) is 0 Å². The number of benzene rings is 1. The number of methoxy groups -OCH3 is 3. The van der Waals surface area contributed by atoms with Gasteiger partial charge in [0.05, 0.1) is 27.0 Å². The van der Waals surface area contributed by atoms with Gasteiger partial charge < -0.3 is 19.2 Å². The van der Waals surface area contributed by atoms with Gasteiger partial charge in [-0.25, -0.2) is 4.79 Å². The van der Waals surface area contributed by atoms with Crippen molar-refractivity contribution in [2.75, 3.05) is 21.3 Å². The van der Waals surface area contributed by atoms with Gasteiger partial charge in [-0.2, -0.15) is 5.26 Å². The highest BCUT2D eigenvalue weighted by atomic mass is 16.5. The second kappa shape index (κ2) is 7.20. The Bertz CT molecular complexity index is 1330. The third-order valence-corrected chi connectivity index (χ3v) is 4.68. The van der Waals surface area contributed by atoms with Gasteiger partial charge in [0.2, 0.25) is 11.2 Å². The first-order valence-corrected chi connectivity index (χ1v) is 8.37. The molecule has 0 fully saturated rings. The normalized spacial score (nSPS) is 10.6. The van der Waals surface area contributed by atoms with Gasteiger partial charge in [-0.3, -0.25) is 18.7 Å². The van der Waals surface area contributed by atoms with Crippen LogP contribution in [0.1, 0.15) is 5.56 Å². The molecule has 0 saturated carbocycles. The van der Waals surface area contributed by atoms with E-state index >= 15 is 0 Å². The van der Waals surface area contributed by atoms with Crippen molar-refractivity contribution in [3.63, 3.8) is 0 Å². The zero-order valence-electron chi connectivity index (χ0n) is 16.4. The van der Waals surface area contributed by atoms with Gasteiger partial charge in [0.25, 0.3) is 5.56 Å². The molecule has 0 aliphatic rings. The molecule has 3 aromatic rings. The van der Waals surface area contributed by atoms with Crippen molar-refractivity contribution in [3.05, 3.63) is 48.8 Å². The molecule has 0 unspecified atom stereocenters. The molecule has 150 valence electrons. The van der Waals surface area contributed by atoms with Crippen molar-refractivity contribution in [2.24, 2.45) is 14.1 Å². The topological polar surface area (TPSA) is 128 Å². The fourth-order valence-corrected chi connectivity index (χ4v) is 3.16. The van der Waals surface area contributed by atoms with Gasteiger partial charge in [-0.1, -0.05) is 0 Å². The molecule has 0 atom stereocenters. The Kier molecular flexibility index (Phi) is 4.90. The summed E-state index contributed by atoms with van der Waals surface area (Å²) in [6, 6.07) is 4.95. The Hall–Kier alpha value is -4.00. The van der Waals surface area contributed by atoms with Crippen LogP contribution in [-0.4, -0.2) is 35.4 Å². The third kappa shape index (κ3) is 2.84. The van der Waals surface area contributed by atoms with Crippen LogP contribution in [0, 0.1) is 11.3 Å². The van der Waals surface area contributed by atoms with E-state index in [1.54, 1.807) is 12.1 Å². The van der Waals surface area contributed by atoms with Crippen LogP contribution in [0.25, 0.3) is 22.3 Å². The van der Waals surface area contributed by atoms with E-state index in [2.05, 4.69) is 4.98 Å². The van der Waals surface area contributed by atoms with E-state index in [1.165, 1.54) is 35.4 Å². The molecule has 3 rings (SSSR count). The minimum Gasteiger partial charge on any atom is -0.493 e. The van der Waals surface area contributed by atoms with Crippen molar-refractivity contribution in [2.45, 2.75) is 0 Å². The minimum absolute atomic E-state index is 0.00542. The summed E-state index contributed by atoms with van der Waals surface area (Å²) in [4.78, 5) is 40.6. The summed E-state index contributed by atoms with van der Waals surface area (Å²) in [6.07, 6.45) is 0. The van der Waals surface area contributed by atoms with Crippen molar-refractivity contribution in [1.29, 1.82) is 5.26 Å². The maximum atomic E-state index is 13.0. The van der Waals surface area contributed by atoms with Gasteiger partial charge >= 0.3 is 5.69 Å². The van der Waals surface area contributed by atoms with Crippen LogP contribution >= 0.6 is 0 Å². The van der Waals surface area contributed by atoms with Crippen LogP contribution < -0.4 is 30.9 Å². The molecule has 10 nitrogen and oxygen atoms in total. The van der Waals surface area contributed by atoms with Gasteiger partial charge in [-0.15, -0.1) is 0 Å². The monoisotopic (exact) mass is 398 g/mol. The van der Waals surface area contributed by atoms with E-state index in [0.717, 1.165) is 9.13 Å². The molecular formula is C19H18N4O6. The smallest absolute Gasteiger partial charge is 0.332 e. The summed E-state index contributed by atoms with van der Waals surface area (Å²) in [7, 11) is 7.00. The van der Waals surface area contributed by atoms with Crippen LogP contribution in [0.3, 0.4) is 0 Å². The number of nitrogens with zero attached hydrogens (tertiary/aromatic N) is 3. The fraction of sp³-hybridized carbons (Fsp3) is 0.263. The van der Waals surface area contributed by atoms with Crippen molar-refractivity contribution < 1.29 is 14.2 Å². The van der Waals surface area contributed by atoms with E-state index in [4.69, 9.17) is 14.2 Å². The van der Waals surface area contributed by atoms with Crippen molar-refractivity contribution in [1.82, 2.24) is 14.1 Å². The number of aryl methyl sites for hydroxylation is 1. The zero-order chi connectivity index (χ0) is 21.5. The molecule has 0 spiro atoms. The lowest BCUT2D eigenvalue weighted by Gasteiger charge is -2.15. The number of ether oxygens (including phenoxy) is 3. The Labute approximate surface area is 164 Å². The molecule has 1 aromatic carbocycles. The predicted octanol–water partition coefficient (Wildman–Crippen LogP) is 0.490. The SMILES string of the molecule is COc1cc(-c2[nH]c3c(c(=O)c2C#N)c(=O)n(C)c(=O)n3C)cc(OC)c1OC. The van der Waals surface area contributed by atoms with Crippen LogP contribution in [0.2, 0.25) is 0 Å². The van der Waals surface area contributed by atoms with Gasteiger partial charge in [0.1, 0.15) is 22.7 Å². The number of nitrogens with one attached hydrogen (secondary N) is 1. The fourth-order valence-electron chi connectivity index (χ4n) is 3.16. The molecule has 0 amide bonds. The number of H-pyrrole nitrogens is 1. The molecule has 0 bridgehead atoms. The maximum absolute atomic E-state index is 13.0. The standard InChI is InChI=1S/C19H18N4O6/c1-22-17-13(18(25)23(2)19(22)26)15(24)10(8-20)14(21-17)9-6-11(27-3)16(29-5)12(7-9)28-4/h6-7H,1-5H3,(H,21,24). The number of hydrogen-bond acceptors (Lipinski definition) is 7. The zero-order valence-corrected chi connectivity index (χ0v) is 16.4. The maximum Gasteiger partial charge on any atom is 0.332 e. The summed E-state index contributed by atoms with van der Waals surface area (Å²) < 4.78 is 17.9. The van der Waals surface area contributed by atoms with Gasteiger partial charge in [-0.05, 0) is 12.1 Å². The summed E-state index contributed by atoms with van der Waals surface area (Å²) in [6.45, 7) is 0. The Morgan fingerprint density at radius 3 is 2.03 bits per heavy atom. The second-order valence-electron chi connectivity index (χ2n) is 6.16. The van der Waals surface area contributed by atoms with Crippen molar-refractivity contribution >= 4 is 11.0 Å². The number of hydrogen-bond donors (Lipinski definition) is 1. The summed E-state index contributed by atoms with van der Waals surface area (Å²) in [5.74, 6) is 0.954. The predicted molar refractivity (Wildman–Crippen MR) is 105 cm³/mol. The summed E-state index contributed by atoms with van der Waals surface area (Å²) in [5.41, 5.74) is -1.94.